The van der Waals surface area contributed by atoms with Crippen molar-refractivity contribution < 1.29 is 14.6 Å². The SMILES string of the molecule is N#Cc1ccc(OCC(O)CNN2CCOCC2)cc1. The normalized spacial score (nSPS) is 17.4. The van der Waals surface area contributed by atoms with Crippen molar-refractivity contribution in [3.05, 3.63) is 29.8 Å². The van der Waals surface area contributed by atoms with E-state index in [0.717, 1.165) is 13.1 Å². The maximum absolute atomic E-state index is 9.84. The first kappa shape index (κ1) is 14.8. The number of morpholine rings is 1. The summed E-state index contributed by atoms with van der Waals surface area (Å²) in [5.74, 6) is 0.648. The number of hydrogen-bond donors (Lipinski definition) is 2. The van der Waals surface area contributed by atoms with Crippen LogP contribution in [0.2, 0.25) is 0 Å². The highest BCUT2D eigenvalue weighted by atomic mass is 16.5. The van der Waals surface area contributed by atoms with Crippen LogP contribution >= 0.6 is 0 Å². The molecule has 0 aliphatic carbocycles. The minimum atomic E-state index is -0.589. The van der Waals surface area contributed by atoms with Crippen LogP contribution in [-0.4, -0.2) is 55.7 Å². The zero-order chi connectivity index (χ0) is 14.2. The molecule has 0 aromatic heterocycles. The van der Waals surface area contributed by atoms with Gasteiger partial charge in [-0.2, -0.15) is 5.26 Å². The summed E-state index contributed by atoms with van der Waals surface area (Å²) >= 11 is 0. The predicted octanol–water partition coefficient (Wildman–Crippen LogP) is 0.135. The fourth-order valence-electron chi connectivity index (χ4n) is 1.83. The molecule has 1 aliphatic rings. The monoisotopic (exact) mass is 277 g/mol. The Morgan fingerprint density at radius 2 is 2.05 bits per heavy atom. The van der Waals surface area contributed by atoms with E-state index in [0.29, 0.717) is 31.1 Å². The molecule has 0 amide bonds. The number of aliphatic hydroxyl groups is 1. The molecule has 20 heavy (non-hydrogen) atoms. The maximum atomic E-state index is 9.84. The molecule has 0 bridgehead atoms. The van der Waals surface area contributed by atoms with E-state index in [1.165, 1.54) is 0 Å². The number of hydrazine groups is 1. The van der Waals surface area contributed by atoms with E-state index >= 15 is 0 Å². The number of nitrogens with one attached hydrogen (secondary N) is 1. The molecule has 6 heteroatoms. The number of ether oxygens (including phenoxy) is 2. The lowest BCUT2D eigenvalue weighted by Crippen LogP contribution is -2.48. The van der Waals surface area contributed by atoms with Crippen LogP contribution in [-0.2, 0) is 4.74 Å². The molecule has 0 saturated carbocycles. The largest absolute Gasteiger partial charge is 0.491 e. The third kappa shape index (κ3) is 4.79. The van der Waals surface area contributed by atoms with Crippen molar-refractivity contribution in [2.24, 2.45) is 0 Å². The molecule has 1 heterocycles. The number of hydrogen-bond acceptors (Lipinski definition) is 6. The molecule has 108 valence electrons. The molecular formula is C14H19N3O3. The third-order valence-electron chi connectivity index (χ3n) is 2.99. The minimum absolute atomic E-state index is 0.212. The summed E-state index contributed by atoms with van der Waals surface area (Å²) in [6.45, 7) is 3.72. The number of benzene rings is 1. The summed E-state index contributed by atoms with van der Waals surface area (Å²) in [5, 5.41) is 20.6. The Morgan fingerprint density at radius 3 is 2.70 bits per heavy atom. The molecule has 1 aromatic rings. The van der Waals surface area contributed by atoms with Gasteiger partial charge < -0.3 is 14.6 Å². The molecule has 1 fully saturated rings. The fourth-order valence-corrected chi connectivity index (χ4v) is 1.83. The second kappa shape index (κ2) is 7.82. The second-order valence-electron chi connectivity index (χ2n) is 4.56. The van der Waals surface area contributed by atoms with Crippen molar-refractivity contribution in [1.82, 2.24) is 10.4 Å². The molecule has 0 spiro atoms. The van der Waals surface area contributed by atoms with Gasteiger partial charge in [-0.1, -0.05) is 0 Å². The first-order chi connectivity index (χ1) is 9.78. The van der Waals surface area contributed by atoms with Gasteiger partial charge in [-0.05, 0) is 24.3 Å². The standard InChI is InChI=1S/C14H19N3O3/c15-9-12-1-3-14(4-2-12)20-11-13(18)10-16-17-5-7-19-8-6-17/h1-4,13,16,18H,5-8,10-11H2. The molecule has 6 nitrogen and oxygen atoms in total. The second-order valence-corrected chi connectivity index (χ2v) is 4.56. The van der Waals surface area contributed by atoms with Gasteiger partial charge >= 0.3 is 0 Å². The average molecular weight is 277 g/mol. The van der Waals surface area contributed by atoms with Crippen molar-refractivity contribution in [2.75, 3.05) is 39.5 Å². The van der Waals surface area contributed by atoms with Crippen molar-refractivity contribution >= 4 is 0 Å². The molecule has 0 radical (unpaired) electrons. The lowest BCUT2D eigenvalue weighted by Gasteiger charge is -2.28. The van der Waals surface area contributed by atoms with Gasteiger partial charge in [-0.3, -0.25) is 5.43 Å². The van der Waals surface area contributed by atoms with E-state index in [-0.39, 0.29) is 6.61 Å². The van der Waals surface area contributed by atoms with Gasteiger partial charge in [0.2, 0.25) is 0 Å². The van der Waals surface area contributed by atoms with Crippen molar-refractivity contribution in [2.45, 2.75) is 6.10 Å². The van der Waals surface area contributed by atoms with E-state index in [2.05, 4.69) is 5.43 Å². The van der Waals surface area contributed by atoms with Crippen LogP contribution in [0.4, 0.5) is 0 Å². The highest BCUT2D eigenvalue weighted by molar-refractivity contribution is 5.34. The molecule has 2 N–H and O–H groups in total. The first-order valence-electron chi connectivity index (χ1n) is 6.65. The van der Waals surface area contributed by atoms with Gasteiger partial charge in [0.25, 0.3) is 0 Å². The molecular weight excluding hydrogens is 258 g/mol. The van der Waals surface area contributed by atoms with Crippen LogP contribution in [0.5, 0.6) is 5.75 Å². The van der Waals surface area contributed by atoms with E-state index in [4.69, 9.17) is 14.7 Å². The van der Waals surface area contributed by atoms with Crippen LogP contribution in [0.3, 0.4) is 0 Å². The van der Waals surface area contributed by atoms with Crippen LogP contribution in [0.1, 0.15) is 5.56 Å². The number of rotatable bonds is 6. The zero-order valence-corrected chi connectivity index (χ0v) is 11.3. The van der Waals surface area contributed by atoms with E-state index in [1.807, 2.05) is 11.1 Å². The lowest BCUT2D eigenvalue weighted by atomic mass is 10.2. The smallest absolute Gasteiger partial charge is 0.119 e. The summed E-state index contributed by atoms with van der Waals surface area (Å²) < 4.78 is 10.7. The highest BCUT2D eigenvalue weighted by Crippen LogP contribution is 2.11. The summed E-state index contributed by atoms with van der Waals surface area (Å²) in [6.07, 6.45) is -0.589. The van der Waals surface area contributed by atoms with Crippen molar-refractivity contribution in [3.8, 4) is 11.8 Å². The zero-order valence-electron chi connectivity index (χ0n) is 11.3. The highest BCUT2D eigenvalue weighted by Gasteiger charge is 2.12. The van der Waals surface area contributed by atoms with Crippen LogP contribution in [0, 0.1) is 11.3 Å². The van der Waals surface area contributed by atoms with Crippen LogP contribution < -0.4 is 10.2 Å². The maximum Gasteiger partial charge on any atom is 0.119 e. The van der Waals surface area contributed by atoms with Gasteiger partial charge in [0.1, 0.15) is 18.5 Å². The summed E-state index contributed by atoms with van der Waals surface area (Å²) in [6, 6.07) is 8.87. The van der Waals surface area contributed by atoms with E-state index < -0.39 is 6.10 Å². The quantitative estimate of drug-likeness (QED) is 0.770. The Morgan fingerprint density at radius 1 is 1.35 bits per heavy atom. The molecule has 1 aromatic carbocycles. The average Bonchev–Trinajstić information content (AvgIpc) is 2.52. The molecule has 1 atom stereocenters. The van der Waals surface area contributed by atoms with Gasteiger partial charge in [-0.25, -0.2) is 5.01 Å². The number of aliphatic hydroxyl groups excluding tert-OH is 1. The van der Waals surface area contributed by atoms with Gasteiger partial charge in [0.15, 0.2) is 0 Å². The summed E-state index contributed by atoms with van der Waals surface area (Å²) in [4.78, 5) is 0. The lowest BCUT2D eigenvalue weighted by molar-refractivity contribution is -0.000790. The summed E-state index contributed by atoms with van der Waals surface area (Å²) in [7, 11) is 0. The Balaban J connectivity index is 1.66. The van der Waals surface area contributed by atoms with Gasteiger partial charge in [0.05, 0.1) is 24.8 Å². The Labute approximate surface area is 118 Å². The molecule has 1 aliphatic heterocycles. The van der Waals surface area contributed by atoms with Crippen LogP contribution in [0.15, 0.2) is 24.3 Å². The van der Waals surface area contributed by atoms with E-state index in [1.54, 1.807) is 24.3 Å². The molecule has 2 rings (SSSR count). The van der Waals surface area contributed by atoms with Crippen LogP contribution in [0.25, 0.3) is 0 Å². The van der Waals surface area contributed by atoms with Crippen molar-refractivity contribution in [1.29, 1.82) is 5.26 Å². The van der Waals surface area contributed by atoms with Crippen molar-refractivity contribution in [3.63, 3.8) is 0 Å². The molecule has 1 saturated heterocycles. The van der Waals surface area contributed by atoms with E-state index in [9.17, 15) is 5.11 Å². The fraction of sp³-hybridized carbons (Fsp3) is 0.500. The summed E-state index contributed by atoms with van der Waals surface area (Å²) in [5.41, 5.74) is 3.75. The third-order valence-corrected chi connectivity index (χ3v) is 2.99. The number of nitriles is 1. The molecule has 1 unspecified atom stereocenters. The van der Waals surface area contributed by atoms with Gasteiger partial charge in [0, 0.05) is 19.6 Å². The predicted molar refractivity (Wildman–Crippen MR) is 73.1 cm³/mol. The Bertz CT molecular complexity index is 438. The topological polar surface area (TPSA) is 77.8 Å². The van der Waals surface area contributed by atoms with Gasteiger partial charge in [-0.15, -0.1) is 0 Å². The minimum Gasteiger partial charge on any atom is -0.491 e. The Kier molecular flexibility index (Phi) is 5.77. The number of nitrogens with zero attached hydrogens (tertiary/aromatic N) is 2. The first-order valence-corrected chi connectivity index (χ1v) is 6.65. The Hall–Kier alpha value is -1.65.